The Hall–Kier alpha value is -0.680. The van der Waals surface area contributed by atoms with Crippen molar-refractivity contribution in [1.82, 2.24) is 4.90 Å². The van der Waals surface area contributed by atoms with Crippen LogP contribution in [0.5, 0.6) is 0 Å². The molecule has 0 atom stereocenters. The van der Waals surface area contributed by atoms with Crippen molar-refractivity contribution in [2.24, 2.45) is 5.73 Å². The summed E-state index contributed by atoms with van der Waals surface area (Å²) in [6.45, 7) is 4.62. The van der Waals surface area contributed by atoms with Gasteiger partial charge in [0.1, 0.15) is 6.61 Å². The number of nitrogens with zero attached hydrogens (tertiary/aromatic N) is 1. The van der Waals surface area contributed by atoms with E-state index in [1.54, 1.807) is 0 Å². The zero-order valence-electron chi connectivity index (χ0n) is 9.94. The second-order valence-corrected chi connectivity index (χ2v) is 4.92. The van der Waals surface area contributed by atoms with Crippen molar-refractivity contribution in [3.8, 4) is 0 Å². The molecule has 0 aromatic rings. The largest absolute Gasteiger partial charge is 0.393 e. The van der Waals surface area contributed by atoms with Gasteiger partial charge in [-0.1, -0.05) is 12.2 Å². The maximum absolute atomic E-state index is 11.9. The Labute approximate surface area is 102 Å². The topological polar surface area (TPSA) is 55.6 Å². The summed E-state index contributed by atoms with van der Waals surface area (Å²) in [5, 5.41) is 0. The van der Waals surface area contributed by atoms with Gasteiger partial charge in [0.25, 0.3) is 0 Å². The standard InChI is InChI=1S/C11H20N2O2S/c1-8(2)15-7-11(14)13(9-3-4-9)6-5-10(12)16/h8-9H,3-7H2,1-2H3,(H2,12,16). The van der Waals surface area contributed by atoms with Gasteiger partial charge in [0.05, 0.1) is 11.1 Å². The summed E-state index contributed by atoms with van der Waals surface area (Å²) in [6.07, 6.45) is 2.86. The van der Waals surface area contributed by atoms with E-state index in [0.29, 0.717) is 24.0 Å². The molecule has 0 aliphatic heterocycles. The third-order valence-electron chi connectivity index (χ3n) is 2.45. The van der Waals surface area contributed by atoms with E-state index in [9.17, 15) is 4.79 Å². The highest BCUT2D eigenvalue weighted by Crippen LogP contribution is 2.27. The molecule has 0 heterocycles. The second kappa shape index (κ2) is 6.15. The summed E-state index contributed by atoms with van der Waals surface area (Å²) in [6, 6.07) is 0.387. The summed E-state index contributed by atoms with van der Waals surface area (Å²) < 4.78 is 5.31. The SMILES string of the molecule is CC(C)OCC(=O)N(CCC(N)=S)C1CC1. The van der Waals surface area contributed by atoms with Gasteiger partial charge >= 0.3 is 0 Å². The van der Waals surface area contributed by atoms with Crippen LogP contribution in [0.15, 0.2) is 0 Å². The molecule has 4 nitrogen and oxygen atoms in total. The average molecular weight is 244 g/mol. The van der Waals surface area contributed by atoms with Crippen LogP contribution in [0.2, 0.25) is 0 Å². The predicted octanol–water partition coefficient (Wildman–Crippen LogP) is 1.08. The van der Waals surface area contributed by atoms with Crippen LogP contribution in [0.4, 0.5) is 0 Å². The van der Waals surface area contributed by atoms with Crippen LogP contribution < -0.4 is 5.73 Å². The summed E-state index contributed by atoms with van der Waals surface area (Å²) in [7, 11) is 0. The highest BCUT2D eigenvalue weighted by Gasteiger charge is 2.32. The van der Waals surface area contributed by atoms with Gasteiger partial charge in [-0.05, 0) is 26.7 Å². The van der Waals surface area contributed by atoms with E-state index >= 15 is 0 Å². The quantitative estimate of drug-likeness (QED) is 0.681. The van der Waals surface area contributed by atoms with Crippen LogP contribution in [-0.2, 0) is 9.53 Å². The molecule has 5 heteroatoms. The number of carbonyl (C=O) groups is 1. The fourth-order valence-corrected chi connectivity index (χ4v) is 1.54. The highest BCUT2D eigenvalue weighted by atomic mass is 32.1. The van der Waals surface area contributed by atoms with Gasteiger partial charge in [0.15, 0.2) is 0 Å². The van der Waals surface area contributed by atoms with Crippen molar-refractivity contribution in [3.63, 3.8) is 0 Å². The first-order valence-electron chi connectivity index (χ1n) is 5.70. The predicted molar refractivity (Wildman–Crippen MR) is 67.2 cm³/mol. The first-order valence-corrected chi connectivity index (χ1v) is 6.11. The Bertz CT molecular complexity index is 265. The normalized spacial score (nSPS) is 15.2. The zero-order chi connectivity index (χ0) is 12.1. The van der Waals surface area contributed by atoms with Crippen molar-refractivity contribution in [2.75, 3.05) is 13.2 Å². The molecule has 1 saturated carbocycles. The lowest BCUT2D eigenvalue weighted by Crippen LogP contribution is -2.38. The molecule has 16 heavy (non-hydrogen) atoms. The molecular weight excluding hydrogens is 224 g/mol. The van der Waals surface area contributed by atoms with E-state index in [-0.39, 0.29) is 18.6 Å². The van der Waals surface area contributed by atoms with Gasteiger partial charge in [-0.15, -0.1) is 0 Å². The molecule has 0 unspecified atom stereocenters. The van der Waals surface area contributed by atoms with Crippen LogP contribution >= 0.6 is 12.2 Å². The molecule has 1 fully saturated rings. The first-order chi connectivity index (χ1) is 7.50. The van der Waals surface area contributed by atoms with E-state index in [1.165, 1.54) is 0 Å². The highest BCUT2D eigenvalue weighted by molar-refractivity contribution is 7.80. The fraction of sp³-hybridized carbons (Fsp3) is 0.818. The number of hydrogen-bond acceptors (Lipinski definition) is 3. The molecule has 2 N–H and O–H groups in total. The summed E-state index contributed by atoms with van der Waals surface area (Å²) >= 11 is 4.82. The number of nitrogens with two attached hydrogens (primary N) is 1. The molecular formula is C11H20N2O2S. The summed E-state index contributed by atoms with van der Waals surface area (Å²) in [5.41, 5.74) is 5.45. The Morgan fingerprint density at radius 1 is 1.56 bits per heavy atom. The van der Waals surface area contributed by atoms with Crippen LogP contribution in [0.25, 0.3) is 0 Å². The van der Waals surface area contributed by atoms with Gasteiger partial charge in [-0.25, -0.2) is 0 Å². The molecule has 1 amide bonds. The summed E-state index contributed by atoms with van der Waals surface area (Å²) in [5.74, 6) is 0.0486. The lowest BCUT2D eigenvalue weighted by molar-refractivity contribution is -0.138. The summed E-state index contributed by atoms with van der Waals surface area (Å²) in [4.78, 5) is 14.2. The number of ether oxygens (including phenoxy) is 1. The fourth-order valence-electron chi connectivity index (χ4n) is 1.45. The Morgan fingerprint density at radius 3 is 2.62 bits per heavy atom. The minimum Gasteiger partial charge on any atom is -0.393 e. The first kappa shape index (κ1) is 13.4. The molecule has 1 aliphatic carbocycles. The van der Waals surface area contributed by atoms with E-state index in [0.717, 1.165) is 12.8 Å². The van der Waals surface area contributed by atoms with Gasteiger partial charge in [0.2, 0.25) is 5.91 Å². The average Bonchev–Trinajstić information content (AvgIpc) is 2.98. The van der Waals surface area contributed by atoms with Crippen LogP contribution in [0, 0.1) is 0 Å². The smallest absolute Gasteiger partial charge is 0.248 e. The van der Waals surface area contributed by atoms with E-state index < -0.39 is 0 Å². The van der Waals surface area contributed by atoms with Crippen molar-refractivity contribution < 1.29 is 9.53 Å². The lowest BCUT2D eigenvalue weighted by Gasteiger charge is -2.22. The maximum atomic E-state index is 11.9. The van der Waals surface area contributed by atoms with Crippen LogP contribution in [0.1, 0.15) is 33.1 Å². The lowest BCUT2D eigenvalue weighted by atomic mass is 10.3. The molecule has 0 radical (unpaired) electrons. The number of thiocarbonyl (C=S) groups is 1. The minimum atomic E-state index is 0.0486. The Balaban J connectivity index is 2.36. The van der Waals surface area contributed by atoms with Crippen molar-refractivity contribution in [3.05, 3.63) is 0 Å². The number of rotatable bonds is 7. The molecule has 92 valence electrons. The van der Waals surface area contributed by atoms with Gasteiger partial charge in [-0.3, -0.25) is 4.79 Å². The Morgan fingerprint density at radius 2 is 2.19 bits per heavy atom. The second-order valence-electron chi connectivity index (χ2n) is 4.39. The minimum absolute atomic E-state index is 0.0486. The maximum Gasteiger partial charge on any atom is 0.248 e. The Kier molecular flexibility index (Phi) is 5.15. The molecule has 0 saturated heterocycles. The van der Waals surface area contributed by atoms with E-state index in [4.69, 9.17) is 22.7 Å². The molecule has 0 bridgehead atoms. The molecule has 0 aromatic carbocycles. The molecule has 0 aromatic heterocycles. The molecule has 1 aliphatic rings. The number of hydrogen-bond donors (Lipinski definition) is 1. The van der Waals surface area contributed by atoms with Crippen LogP contribution in [-0.4, -0.2) is 41.1 Å². The molecule has 0 spiro atoms. The van der Waals surface area contributed by atoms with E-state index in [1.807, 2.05) is 18.7 Å². The van der Waals surface area contributed by atoms with E-state index in [2.05, 4.69) is 0 Å². The van der Waals surface area contributed by atoms with Crippen LogP contribution in [0.3, 0.4) is 0 Å². The van der Waals surface area contributed by atoms with Gasteiger partial charge in [-0.2, -0.15) is 0 Å². The third-order valence-corrected chi connectivity index (χ3v) is 2.65. The number of amides is 1. The van der Waals surface area contributed by atoms with Crippen molar-refractivity contribution in [2.45, 2.75) is 45.3 Å². The zero-order valence-corrected chi connectivity index (χ0v) is 10.8. The monoisotopic (exact) mass is 244 g/mol. The molecule has 1 rings (SSSR count). The number of carbonyl (C=O) groups excluding carboxylic acids is 1. The van der Waals surface area contributed by atoms with Crippen molar-refractivity contribution >= 4 is 23.1 Å². The van der Waals surface area contributed by atoms with Gasteiger partial charge in [0, 0.05) is 19.0 Å². The van der Waals surface area contributed by atoms with Gasteiger partial charge < -0.3 is 15.4 Å². The third kappa shape index (κ3) is 4.90. The van der Waals surface area contributed by atoms with Crippen molar-refractivity contribution in [1.29, 1.82) is 0 Å².